The molecular formula is C18H29ClN4O4S. The molecule has 3 rings (SSSR count). The van der Waals surface area contributed by atoms with E-state index in [1.165, 1.54) is 28.4 Å². The zero-order valence-corrected chi connectivity index (χ0v) is 18.2. The number of benzene rings is 1. The third kappa shape index (κ3) is 4.60. The number of carbonyl (C=O) groups is 1. The van der Waals surface area contributed by atoms with E-state index in [1.807, 2.05) is 0 Å². The number of nitrogens with zero attached hydrogens (tertiary/aromatic N) is 3. The van der Waals surface area contributed by atoms with E-state index >= 15 is 0 Å². The number of halogens is 1. The lowest BCUT2D eigenvalue weighted by Gasteiger charge is -2.32. The van der Waals surface area contributed by atoms with Crippen LogP contribution in [-0.4, -0.2) is 94.9 Å². The van der Waals surface area contributed by atoms with Crippen LogP contribution in [0.15, 0.2) is 23.1 Å². The van der Waals surface area contributed by atoms with Crippen molar-refractivity contribution in [3.8, 4) is 5.75 Å². The molecule has 28 heavy (non-hydrogen) atoms. The molecule has 0 saturated carbocycles. The lowest BCUT2D eigenvalue weighted by Crippen LogP contribution is -2.49. The third-order valence-electron chi connectivity index (χ3n) is 5.24. The number of ether oxygens (including phenoxy) is 1. The molecule has 158 valence electrons. The zero-order chi connectivity index (χ0) is 19.6. The zero-order valence-electron chi connectivity index (χ0n) is 16.6. The number of nitrogens with one attached hydrogen (secondary N) is 1. The molecule has 1 aromatic rings. The van der Waals surface area contributed by atoms with Crippen molar-refractivity contribution in [2.45, 2.75) is 17.4 Å². The van der Waals surface area contributed by atoms with Crippen LogP contribution in [0.2, 0.25) is 0 Å². The number of carbonyl (C=O) groups excluding carboxylic acids is 1. The molecule has 8 nitrogen and oxygen atoms in total. The van der Waals surface area contributed by atoms with Gasteiger partial charge in [-0.1, -0.05) is 0 Å². The van der Waals surface area contributed by atoms with Gasteiger partial charge in [0.05, 0.1) is 17.6 Å². The average Bonchev–Trinajstić information content (AvgIpc) is 3.18. The summed E-state index contributed by atoms with van der Waals surface area (Å²) >= 11 is 0. The summed E-state index contributed by atoms with van der Waals surface area (Å²) in [6, 6.07) is 4.74. The van der Waals surface area contributed by atoms with Crippen molar-refractivity contribution in [2.24, 2.45) is 0 Å². The number of piperazine rings is 1. The van der Waals surface area contributed by atoms with Crippen molar-refractivity contribution in [1.29, 1.82) is 0 Å². The Hall–Kier alpha value is -1.39. The predicted molar refractivity (Wildman–Crippen MR) is 110 cm³/mol. The predicted octanol–water partition coefficient (Wildman–Crippen LogP) is 0.487. The third-order valence-corrected chi connectivity index (χ3v) is 7.10. The van der Waals surface area contributed by atoms with Crippen LogP contribution in [0.1, 0.15) is 16.8 Å². The Kier molecular flexibility index (Phi) is 7.69. The highest BCUT2D eigenvalue weighted by Gasteiger charge is 2.36. The molecule has 10 heteroatoms. The van der Waals surface area contributed by atoms with E-state index in [1.54, 1.807) is 20.2 Å². The molecular weight excluding hydrogens is 404 g/mol. The summed E-state index contributed by atoms with van der Waals surface area (Å²) in [5.41, 5.74) is 0.251. The van der Waals surface area contributed by atoms with Gasteiger partial charge in [0.25, 0.3) is 5.91 Å². The number of rotatable bonds is 5. The highest BCUT2D eigenvalue weighted by Crippen LogP contribution is 2.28. The van der Waals surface area contributed by atoms with Gasteiger partial charge in [0, 0.05) is 59.4 Å². The summed E-state index contributed by atoms with van der Waals surface area (Å²) in [7, 11) is 1.07. The molecule has 1 unspecified atom stereocenters. The van der Waals surface area contributed by atoms with Crippen LogP contribution >= 0.6 is 12.4 Å². The van der Waals surface area contributed by atoms with Crippen molar-refractivity contribution < 1.29 is 17.9 Å². The molecule has 1 N–H and O–H groups in total. The van der Waals surface area contributed by atoms with Crippen molar-refractivity contribution in [3.63, 3.8) is 0 Å². The topological polar surface area (TPSA) is 82.2 Å². The smallest absolute Gasteiger partial charge is 0.257 e. The lowest BCUT2D eigenvalue weighted by atomic mass is 10.2. The molecule has 1 aromatic carbocycles. The summed E-state index contributed by atoms with van der Waals surface area (Å²) in [4.78, 5) is 16.3. The van der Waals surface area contributed by atoms with Gasteiger partial charge in [-0.2, -0.15) is 4.31 Å². The van der Waals surface area contributed by atoms with E-state index in [-0.39, 0.29) is 34.8 Å². The first-order valence-corrected chi connectivity index (χ1v) is 10.6. The summed E-state index contributed by atoms with van der Waals surface area (Å²) in [6.45, 7) is 4.77. The Labute approximate surface area is 173 Å². The number of hydrogen-bond donors (Lipinski definition) is 1. The minimum absolute atomic E-state index is 0. The van der Waals surface area contributed by atoms with Gasteiger partial charge in [0.2, 0.25) is 10.0 Å². The molecule has 1 atom stereocenters. The Balaban J connectivity index is 0.00000280. The molecule has 0 spiro atoms. The Morgan fingerprint density at radius 1 is 1.21 bits per heavy atom. The first-order chi connectivity index (χ1) is 12.8. The number of methoxy groups -OCH3 is 1. The van der Waals surface area contributed by atoms with Gasteiger partial charge in [-0.3, -0.25) is 9.69 Å². The fourth-order valence-electron chi connectivity index (χ4n) is 3.68. The second-order valence-corrected chi connectivity index (χ2v) is 9.09. The van der Waals surface area contributed by atoms with Gasteiger partial charge in [0.15, 0.2) is 0 Å². The van der Waals surface area contributed by atoms with E-state index in [2.05, 4.69) is 10.2 Å². The monoisotopic (exact) mass is 432 g/mol. The second-order valence-electron chi connectivity index (χ2n) is 7.15. The van der Waals surface area contributed by atoms with E-state index in [0.717, 1.165) is 32.6 Å². The van der Waals surface area contributed by atoms with Crippen LogP contribution < -0.4 is 10.1 Å². The van der Waals surface area contributed by atoms with E-state index in [0.29, 0.717) is 18.8 Å². The van der Waals surface area contributed by atoms with Crippen LogP contribution in [0, 0.1) is 0 Å². The first kappa shape index (κ1) is 22.9. The molecule has 2 fully saturated rings. The fourth-order valence-corrected chi connectivity index (χ4v) is 5.20. The normalized spacial score (nSPS) is 21.2. The molecule has 0 aromatic heterocycles. The van der Waals surface area contributed by atoms with E-state index < -0.39 is 10.0 Å². The molecule has 1 amide bonds. The van der Waals surface area contributed by atoms with Gasteiger partial charge in [-0.25, -0.2) is 8.42 Å². The Bertz CT molecular complexity index is 797. The summed E-state index contributed by atoms with van der Waals surface area (Å²) < 4.78 is 33.0. The molecule has 0 aliphatic carbocycles. The van der Waals surface area contributed by atoms with Crippen LogP contribution in [0.4, 0.5) is 0 Å². The van der Waals surface area contributed by atoms with Crippen LogP contribution in [0.25, 0.3) is 0 Å². The SMILES string of the molecule is COc1ccc(S(=O)(=O)N2CCC(N3CCNCC3)C2)cc1C(=O)N(C)C.Cl. The van der Waals surface area contributed by atoms with Crippen LogP contribution in [0.5, 0.6) is 5.75 Å². The summed E-state index contributed by atoms with van der Waals surface area (Å²) in [5.74, 6) is 0.0804. The quantitative estimate of drug-likeness (QED) is 0.729. The van der Waals surface area contributed by atoms with E-state index in [4.69, 9.17) is 4.74 Å². The largest absolute Gasteiger partial charge is 0.496 e. The summed E-state index contributed by atoms with van der Waals surface area (Å²) in [5, 5.41) is 3.32. The highest BCUT2D eigenvalue weighted by molar-refractivity contribution is 7.89. The van der Waals surface area contributed by atoms with Crippen molar-refractivity contribution in [1.82, 2.24) is 19.4 Å². The standard InChI is InChI=1S/C18H28N4O4S.ClH/c1-20(2)18(23)16-12-15(4-5-17(16)26-3)27(24,25)22-9-6-14(13-22)21-10-7-19-8-11-21;/h4-5,12,14,19H,6-11,13H2,1-3H3;1H. The number of hydrogen-bond acceptors (Lipinski definition) is 6. The van der Waals surface area contributed by atoms with Crippen LogP contribution in [-0.2, 0) is 10.0 Å². The average molecular weight is 433 g/mol. The highest BCUT2D eigenvalue weighted by atomic mass is 35.5. The first-order valence-electron chi connectivity index (χ1n) is 9.19. The van der Waals surface area contributed by atoms with E-state index in [9.17, 15) is 13.2 Å². The summed E-state index contributed by atoms with van der Waals surface area (Å²) in [6.07, 6.45) is 0.832. The molecule has 2 heterocycles. The maximum Gasteiger partial charge on any atom is 0.257 e. The van der Waals surface area contributed by atoms with Crippen molar-refractivity contribution >= 4 is 28.3 Å². The maximum atomic E-state index is 13.1. The minimum Gasteiger partial charge on any atom is -0.496 e. The second kappa shape index (κ2) is 9.41. The molecule has 2 aliphatic heterocycles. The van der Waals surface area contributed by atoms with Crippen molar-refractivity contribution in [3.05, 3.63) is 23.8 Å². The molecule has 2 saturated heterocycles. The van der Waals surface area contributed by atoms with Gasteiger partial charge in [-0.05, 0) is 24.6 Å². The lowest BCUT2D eigenvalue weighted by molar-refractivity contribution is 0.0824. The van der Waals surface area contributed by atoms with Crippen molar-refractivity contribution in [2.75, 3.05) is 60.5 Å². The number of sulfonamides is 1. The van der Waals surface area contributed by atoms with Gasteiger partial charge in [-0.15, -0.1) is 12.4 Å². The van der Waals surface area contributed by atoms with Gasteiger partial charge < -0.3 is 15.0 Å². The van der Waals surface area contributed by atoms with Crippen LogP contribution in [0.3, 0.4) is 0 Å². The van der Waals surface area contributed by atoms with Gasteiger partial charge >= 0.3 is 0 Å². The molecule has 0 radical (unpaired) electrons. The maximum absolute atomic E-state index is 13.1. The molecule has 0 bridgehead atoms. The van der Waals surface area contributed by atoms with Gasteiger partial charge in [0.1, 0.15) is 5.75 Å². The molecule has 2 aliphatic rings. The number of amides is 1. The Morgan fingerprint density at radius 3 is 2.50 bits per heavy atom. The minimum atomic E-state index is -3.65. The Morgan fingerprint density at radius 2 is 1.89 bits per heavy atom. The fraction of sp³-hybridized carbons (Fsp3) is 0.611.